The minimum absolute atomic E-state index is 0.186. The topological polar surface area (TPSA) is 47.4 Å². The molecule has 0 fully saturated rings. The Labute approximate surface area is 99.2 Å². The lowest BCUT2D eigenvalue weighted by Crippen LogP contribution is -2.25. The van der Waals surface area contributed by atoms with E-state index in [0.29, 0.717) is 5.56 Å². The van der Waals surface area contributed by atoms with Crippen molar-refractivity contribution in [3.05, 3.63) is 48.5 Å². The molecule has 0 saturated heterocycles. The molecule has 0 radical (unpaired) electrons. The van der Waals surface area contributed by atoms with E-state index in [1.807, 2.05) is 22.9 Å². The number of nitrogens with zero attached hydrogens (tertiary/aromatic N) is 3. The molecule has 5 nitrogen and oxygen atoms in total. The molecule has 1 amide bonds. The van der Waals surface area contributed by atoms with Crippen LogP contribution in [0.3, 0.4) is 0 Å². The van der Waals surface area contributed by atoms with Crippen molar-refractivity contribution in [1.29, 1.82) is 0 Å². The van der Waals surface area contributed by atoms with Gasteiger partial charge in [0.25, 0.3) is 5.91 Å². The summed E-state index contributed by atoms with van der Waals surface area (Å²) in [4.78, 5) is 20.7. The Bertz CT molecular complexity index is 508. The van der Waals surface area contributed by atoms with E-state index in [0.717, 1.165) is 5.69 Å². The normalized spacial score (nSPS) is 10.2. The highest BCUT2D eigenvalue weighted by atomic mass is 16.7. The highest BCUT2D eigenvalue weighted by molar-refractivity contribution is 5.93. The van der Waals surface area contributed by atoms with Gasteiger partial charge in [0.1, 0.15) is 0 Å². The van der Waals surface area contributed by atoms with Gasteiger partial charge in [0.2, 0.25) is 0 Å². The summed E-state index contributed by atoms with van der Waals surface area (Å²) in [5.41, 5.74) is 1.46. The largest absolute Gasteiger partial charge is 0.306 e. The average molecular weight is 231 g/mol. The minimum Gasteiger partial charge on any atom is -0.306 e. The van der Waals surface area contributed by atoms with Gasteiger partial charge in [0.15, 0.2) is 0 Å². The first-order valence-electron chi connectivity index (χ1n) is 5.13. The van der Waals surface area contributed by atoms with Gasteiger partial charge in [-0.25, -0.2) is 10.0 Å². The number of carbonyl (C=O) groups is 1. The number of hydroxylamine groups is 2. The van der Waals surface area contributed by atoms with Gasteiger partial charge in [-0.3, -0.25) is 9.63 Å². The third kappa shape index (κ3) is 2.34. The molecule has 88 valence electrons. The van der Waals surface area contributed by atoms with E-state index in [1.165, 1.54) is 12.2 Å². The zero-order valence-corrected chi connectivity index (χ0v) is 9.70. The lowest BCUT2D eigenvalue weighted by atomic mass is 10.2. The van der Waals surface area contributed by atoms with Crippen LogP contribution in [0.25, 0.3) is 5.69 Å². The quantitative estimate of drug-likeness (QED) is 0.752. The van der Waals surface area contributed by atoms with Crippen LogP contribution in [0.4, 0.5) is 0 Å². The molecule has 1 aromatic carbocycles. The third-order valence-electron chi connectivity index (χ3n) is 2.46. The summed E-state index contributed by atoms with van der Waals surface area (Å²) in [6.07, 6.45) is 5.20. The molecule has 0 spiro atoms. The summed E-state index contributed by atoms with van der Waals surface area (Å²) >= 11 is 0. The first kappa shape index (κ1) is 11.3. The van der Waals surface area contributed by atoms with E-state index < -0.39 is 0 Å². The molecule has 0 aliphatic carbocycles. The smallest absolute Gasteiger partial charge is 0.277 e. The van der Waals surface area contributed by atoms with Gasteiger partial charge in [-0.2, -0.15) is 0 Å². The molecule has 5 heteroatoms. The van der Waals surface area contributed by atoms with E-state index in [-0.39, 0.29) is 5.91 Å². The van der Waals surface area contributed by atoms with Crippen LogP contribution >= 0.6 is 0 Å². The maximum atomic E-state index is 11.9. The van der Waals surface area contributed by atoms with Crippen LogP contribution in [0.2, 0.25) is 0 Å². The number of hydrogen-bond donors (Lipinski definition) is 0. The molecule has 1 aromatic heterocycles. The van der Waals surface area contributed by atoms with Crippen molar-refractivity contribution in [2.75, 3.05) is 14.2 Å². The summed E-state index contributed by atoms with van der Waals surface area (Å²) in [7, 11) is 3.03. The van der Waals surface area contributed by atoms with Gasteiger partial charge in [0.05, 0.1) is 13.4 Å². The molecule has 1 heterocycles. The second-order valence-electron chi connectivity index (χ2n) is 3.51. The summed E-state index contributed by atoms with van der Waals surface area (Å²) < 4.78 is 1.84. The Morgan fingerprint density at radius 3 is 2.94 bits per heavy atom. The summed E-state index contributed by atoms with van der Waals surface area (Å²) in [6.45, 7) is 0. The fourth-order valence-electron chi connectivity index (χ4n) is 1.48. The minimum atomic E-state index is -0.186. The molecule has 0 saturated carbocycles. The molecule has 0 bridgehead atoms. The predicted molar refractivity (Wildman–Crippen MR) is 62.7 cm³/mol. The van der Waals surface area contributed by atoms with Crippen molar-refractivity contribution in [2.24, 2.45) is 0 Å². The summed E-state index contributed by atoms with van der Waals surface area (Å²) in [5, 5.41) is 1.19. The molecule has 2 rings (SSSR count). The Morgan fingerprint density at radius 1 is 1.47 bits per heavy atom. The lowest BCUT2D eigenvalue weighted by Gasteiger charge is -2.14. The van der Waals surface area contributed by atoms with Crippen molar-refractivity contribution in [3.8, 4) is 5.69 Å². The Kier molecular flexibility index (Phi) is 3.20. The standard InChI is InChI=1S/C12H13N3O2/c1-14(17-2)12(16)10-4-3-5-11(8-10)15-7-6-13-9-15/h3-9H,1-2H3. The Balaban J connectivity index is 2.32. The van der Waals surface area contributed by atoms with Crippen LogP contribution in [0.5, 0.6) is 0 Å². The Morgan fingerprint density at radius 2 is 2.29 bits per heavy atom. The van der Waals surface area contributed by atoms with E-state index in [4.69, 9.17) is 4.84 Å². The molecule has 0 unspecified atom stereocenters. The van der Waals surface area contributed by atoms with Crippen molar-refractivity contribution in [2.45, 2.75) is 0 Å². The summed E-state index contributed by atoms with van der Waals surface area (Å²) in [5.74, 6) is -0.186. The van der Waals surface area contributed by atoms with Crippen LogP contribution in [0.15, 0.2) is 43.0 Å². The second kappa shape index (κ2) is 4.80. The highest BCUT2D eigenvalue weighted by Gasteiger charge is 2.11. The van der Waals surface area contributed by atoms with Gasteiger partial charge in [-0.05, 0) is 18.2 Å². The number of hydrogen-bond acceptors (Lipinski definition) is 3. The average Bonchev–Trinajstić information content (AvgIpc) is 2.91. The van der Waals surface area contributed by atoms with E-state index >= 15 is 0 Å². The first-order valence-corrected chi connectivity index (χ1v) is 5.13. The van der Waals surface area contributed by atoms with Gasteiger partial charge in [-0.15, -0.1) is 0 Å². The predicted octanol–water partition coefficient (Wildman–Crippen LogP) is 1.51. The van der Waals surface area contributed by atoms with Crippen molar-refractivity contribution in [1.82, 2.24) is 14.6 Å². The second-order valence-corrected chi connectivity index (χ2v) is 3.51. The molecule has 0 aliphatic heterocycles. The Hall–Kier alpha value is -2.14. The SMILES string of the molecule is CON(C)C(=O)c1cccc(-n2ccnc2)c1. The zero-order valence-electron chi connectivity index (χ0n) is 9.70. The van der Waals surface area contributed by atoms with E-state index in [1.54, 1.807) is 31.7 Å². The first-order chi connectivity index (χ1) is 8.22. The van der Waals surface area contributed by atoms with E-state index in [2.05, 4.69) is 4.98 Å². The molecular weight excluding hydrogens is 218 g/mol. The number of imidazole rings is 1. The zero-order chi connectivity index (χ0) is 12.3. The molecule has 0 N–H and O–H groups in total. The fourth-order valence-corrected chi connectivity index (χ4v) is 1.48. The molecule has 2 aromatic rings. The molecule has 0 aliphatic rings. The number of benzene rings is 1. The third-order valence-corrected chi connectivity index (χ3v) is 2.46. The van der Waals surface area contributed by atoms with Gasteiger partial charge in [-0.1, -0.05) is 6.07 Å². The highest BCUT2D eigenvalue weighted by Crippen LogP contribution is 2.11. The van der Waals surface area contributed by atoms with Crippen LogP contribution < -0.4 is 0 Å². The maximum absolute atomic E-state index is 11.9. The summed E-state index contributed by atoms with van der Waals surface area (Å²) in [6, 6.07) is 7.27. The van der Waals surface area contributed by atoms with Gasteiger partial charge < -0.3 is 4.57 Å². The van der Waals surface area contributed by atoms with Crippen LogP contribution in [0, 0.1) is 0 Å². The number of carbonyl (C=O) groups excluding carboxylic acids is 1. The van der Waals surface area contributed by atoms with Gasteiger partial charge in [0, 0.05) is 30.7 Å². The molecular formula is C12H13N3O2. The van der Waals surface area contributed by atoms with Crippen molar-refractivity contribution >= 4 is 5.91 Å². The monoisotopic (exact) mass is 231 g/mol. The number of amides is 1. The lowest BCUT2D eigenvalue weighted by molar-refractivity contribution is -0.0756. The molecule has 0 atom stereocenters. The van der Waals surface area contributed by atoms with Crippen molar-refractivity contribution < 1.29 is 9.63 Å². The number of aromatic nitrogens is 2. The fraction of sp³-hybridized carbons (Fsp3) is 0.167. The van der Waals surface area contributed by atoms with Crippen LogP contribution in [0.1, 0.15) is 10.4 Å². The van der Waals surface area contributed by atoms with Gasteiger partial charge >= 0.3 is 0 Å². The molecule has 17 heavy (non-hydrogen) atoms. The van der Waals surface area contributed by atoms with Crippen LogP contribution in [-0.4, -0.2) is 34.7 Å². The van der Waals surface area contributed by atoms with E-state index in [9.17, 15) is 4.79 Å². The van der Waals surface area contributed by atoms with Crippen LogP contribution in [-0.2, 0) is 4.84 Å². The number of rotatable bonds is 3. The maximum Gasteiger partial charge on any atom is 0.277 e. The van der Waals surface area contributed by atoms with Crippen molar-refractivity contribution in [3.63, 3.8) is 0 Å².